The number of nitrogens with one attached hydrogen (secondary N) is 1. The molecule has 0 saturated heterocycles. The van der Waals surface area contributed by atoms with Crippen LogP contribution in [0, 0.1) is 5.41 Å². The standard InChI is InChI=1S/C13H19BrClNO/c1-3-13(4-2,9-17)8-16-12-6-5-10(15)7-11(12)14/h5-7,16-17H,3-4,8-9H2,1-2H3. The van der Waals surface area contributed by atoms with Gasteiger partial charge in [-0.05, 0) is 47.0 Å². The van der Waals surface area contributed by atoms with Gasteiger partial charge in [-0.25, -0.2) is 0 Å². The molecule has 96 valence electrons. The van der Waals surface area contributed by atoms with Crippen molar-refractivity contribution in [2.24, 2.45) is 5.41 Å². The van der Waals surface area contributed by atoms with Crippen LogP contribution in [0.25, 0.3) is 0 Å². The predicted molar refractivity (Wildman–Crippen MR) is 77.7 cm³/mol. The fourth-order valence-corrected chi connectivity index (χ4v) is 2.52. The van der Waals surface area contributed by atoms with Gasteiger partial charge in [-0.2, -0.15) is 0 Å². The van der Waals surface area contributed by atoms with E-state index in [1.807, 2.05) is 18.2 Å². The van der Waals surface area contributed by atoms with E-state index >= 15 is 0 Å². The molecule has 0 aliphatic rings. The van der Waals surface area contributed by atoms with Crippen LogP contribution in [-0.4, -0.2) is 18.3 Å². The Balaban J connectivity index is 2.72. The summed E-state index contributed by atoms with van der Waals surface area (Å²) in [5.41, 5.74) is 0.966. The second-order valence-electron chi connectivity index (χ2n) is 4.34. The first-order valence-electron chi connectivity index (χ1n) is 5.86. The van der Waals surface area contributed by atoms with Crippen molar-refractivity contribution in [2.75, 3.05) is 18.5 Å². The normalized spacial score (nSPS) is 11.6. The minimum atomic E-state index is -0.0426. The molecule has 17 heavy (non-hydrogen) atoms. The Morgan fingerprint density at radius 1 is 1.35 bits per heavy atom. The molecule has 1 aromatic carbocycles. The van der Waals surface area contributed by atoms with Gasteiger partial charge in [0, 0.05) is 27.1 Å². The summed E-state index contributed by atoms with van der Waals surface area (Å²) >= 11 is 9.36. The van der Waals surface area contributed by atoms with Crippen LogP contribution in [-0.2, 0) is 0 Å². The van der Waals surface area contributed by atoms with Gasteiger partial charge in [-0.3, -0.25) is 0 Å². The van der Waals surface area contributed by atoms with Gasteiger partial charge in [0.05, 0.1) is 6.61 Å². The van der Waals surface area contributed by atoms with Crippen LogP contribution in [0.3, 0.4) is 0 Å². The van der Waals surface area contributed by atoms with Crippen molar-refractivity contribution >= 4 is 33.2 Å². The molecule has 0 heterocycles. The highest BCUT2D eigenvalue weighted by molar-refractivity contribution is 9.10. The largest absolute Gasteiger partial charge is 0.396 e. The van der Waals surface area contributed by atoms with Crippen molar-refractivity contribution in [3.8, 4) is 0 Å². The molecule has 0 spiro atoms. The molecule has 0 saturated carbocycles. The lowest BCUT2D eigenvalue weighted by molar-refractivity contribution is 0.127. The van der Waals surface area contributed by atoms with Gasteiger partial charge in [0.1, 0.15) is 0 Å². The van der Waals surface area contributed by atoms with E-state index in [1.165, 1.54) is 0 Å². The molecule has 0 bridgehead atoms. The Labute approximate surface area is 117 Å². The summed E-state index contributed by atoms with van der Waals surface area (Å²) in [7, 11) is 0. The second-order valence-corrected chi connectivity index (χ2v) is 5.63. The summed E-state index contributed by atoms with van der Waals surface area (Å²) in [6.07, 6.45) is 1.91. The molecule has 4 heteroatoms. The average molecular weight is 321 g/mol. The van der Waals surface area contributed by atoms with E-state index in [0.29, 0.717) is 5.02 Å². The first-order valence-corrected chi connectivity index (χ1v) is 7.04. The molecule has 0 aliphatic carbocycles. The molecule has 0 fully saturated rings. The molecule has 1 aromatic rings. The van der Waals surface area contributed by atoms with Gasteiger partial charge in [0.2, 0.25) is 0 Å². The summed E-state index contributed by atoms with van der Waals surface area (Å²) < 4.78 is 0.948. The lowest BCUT2D eigenvalue weighted by Crippen LogP contribution is -2.32. The van der Waals surface area contributed by atoms with Gasteiger partial charge in [-0.15, -0.1) is 0 Å². The minimum Gasteiger partial charge on any atom is -0.396 e. The molecule has 0 aliphatic heterocycles. The van der Waals surface area contributed by atoms with Gasteiger partial charge >= 0.3 is 0 Å². The average Bonchev–Trinajstić information content (AvgIpc) is 2.33. The molecule has 0 radical (unpaired) electrons. The zero-order chi connectivity index (χ0) is 12.9. The third-order valence-corrected chi connectivity index (χ3v) is 4.31. The number of rotatable bonds is 6. The zero-order valence-electron chi connectivity index (χ0n) is 10.3. The summed E-state index contributed by atoms with van der Waals surface area (Å²) in [5, 5.41) is 13.6. The van der Waals surface area contributed by atoms with Crippen molar-refractivity contribution in [1.29, 1.82) is 0 Å². The molecule has 0 atom stereocenters. The SMILES string of the molecule is CCC(CC)(CO)CNc1ccc(Cl)cc1Br. The van der Waals surface area contributed by atoms with Gasteiger partial charge in [0.15, 0.2) is 0 Å². The lowest BCUT2D eigenvalue weighted by Gasteiger charge is -2.30. The Morgan fingerprint density at radius 2 is 2.00 bits per heavy atom. The number of hydrogen-bond donors (Lipinski definition) is 2. The minimum absolute atomic E-state index is 0.0426. The van der Waals surface area contributed by atoms with Gasteiger partial charge in [0.25, 0.3) is 0 Å². The first kappa shape index (κ1) is 14.8. The van der Waals surface area contributed by atoms with Crippen molar-refractivity contribution in [3.05, 3.63) is 27.7 Å². The van der Waals surface area contributed by atoms with E-state index in [1.54, 1.807) is 0 Å². The van der Waals surface area contributed by atoms with Crippen LogP contribution in [0.4, 0.5) is 5.69 Å². The van der Waals surface area contributed by atoms with Crippen LogP contribution in [0.2, 0.25) is 5.02 Å². The van der Waals surface area contributed by atoms with E-state index in [2.05, 4.69) is 35.1 Å². The molecular weight excluding hydrogens is 302 g/mol. The fraction of sp³-hybridized carbons (Fsp3) is 0.538. The third kappa shape index (κ3) is 3.87. The van der Waals surface area contributed by atoms with Crippen LogP contribution < -0.4 is 5.32 Å². The number of anilines is 1. The van der Waals surface area contributed by atoms with E-state index in [-0.39, 0.29) is 12.0 Å². The first-order chi connectivity index (χ1) is 8.06. The summed E-state index contributed by atoms with van der Waals surface area (Å²) in [4.78, 5) is 0. The van der Waals surface area contributed by atoms with Crippen LogP contribution in [0.5, 0.6) is 0 Å². The number of halogens is 2. The van der Waals surface area contributed by atoms with Crippen molar-refractivity contribution in [3.63, 3.8) is 0 Å². The molecule has 1 rings (SSSR count). The number of benzene rings is 1. The molecule has 0 aromatic heterocycles. The molecule has 0 amide bonds. The highest BCUT2D eigenvalue weighted by Crippen LogP contribution is 2.30. The summed E-state index contributed by atoms with van der Waals surface area (Å²) in [6, 6.07) is 5.66. The van der Waals surface area contributed by atoms with Crippen molar-refractivity contribution in [1.82, 2.24) is 0 Å². The van der Waals surface area contributed by atoms with E-state index in [9.17, 15) is 5.11 Å². The highest BCUT2D eigenvalue weighted by Gasteiger charge is 2.25. The maximum atomic E-state index is 9.50. The lowest BCUT2D eigenvalue weighted by atomic mass is 9.83. The fourth-order valence-electron chi connectivity index (χ4n) is 1.70. The molecule has 0 unspecified atom stereocenters. The molecule has 2 nitrogen and oxygen atoms in total. The van der Waals surface area contributed by atoms with E-state index in [4.69, 9.17) is 11.6 Å². The molecular formula is C13H19BrClNO. The Kier molecular flexibility index (Phi) is 5.77. The zero-order valence-corrected chi connectivity index (χ0v) is 12.6. The highest BCUT2D eigenvalue weighted by atomic mass is 79.9. The van der Waals surface area contributed by atoms with Crippen molar-refractivity contribution in [2.45, 2.75) is 26.7 Å². The van der Waals surface area contributed by atoms with Gasteiger partial charge < -0.3 is 10.4 Å². The Hall–Kier alpha value is -0.250. The Morgan fingerprint density at radius 3 is 2.47 bits per heavy atom. The monoisotopic (exact) mass is 319 g/mol. The quantitative estimate of drug-likeness (QED) is 0.818. The summed E-state index contributed by atoms with van der Waals surface area (Å²) in [5.74, 6) is 0. The van der Waals surface area contributed by atoms with E-state index < -0.39 is 0 Å². The maximum absolute atomic E-state index is 9.50. The topological polar surface area (TPSA) is 32.3 Å². The van der Waals surface area contributed by atoms with Crippen LogP contribution >= 0.6 is 27.5 Å². The van der Waals surface area contributed by atoms with Crippen LogP contribution in [0.1, 0.15) is 26.7 Å². The molecule has 2 N–H and O–H groups in total. The van der Waals surface area contributed by atoms with Crippen molar-refractivity contribution < 1.29 is 5.11 Å². The maximum Gasteiger partial charge on any atom is 0.0504 e. The summed E-state index contributed by atoms with van der Waals surface area (Å²) in [6.45, 7) is 5.19. The number of aliphatic hydroxyl groups is 1. The third-order valence-electron chi connectivity index (χ3n) is 3.42. The number of aliphatic hydroxyl groups excluding tert-OH is 1. The second kappa shape index (κ2) is 6.62. The smallest absolute Gasteiger partial charge is 0.0504 e. The van der Waals surface area contributed by atoms with Gasteiger partial charge in [-0.1, -0.05) is 25.4 Å². The predicted octanol–water partition coefficient (Wildman–Crippen LogP) is 4.31. The number of hydrogen-bond acceptors (Lipinski definition) is 2. The van der Waals surface area contributed by atoms with Crippen LogP contribution in [0.15, 0.2) is 22.7 Å². The Bertz CT molecular complexity index is 358. The van der Waals surface area contributed by atoms with E-state index in [0.717, 1.165) is 29.5 Å².